The second-order valence-corrected chi connectivity index (χ2v) is 2.91. The van der Waals surface area contributed by atoms with Crippen molar-refractivity contribution in [1.82, 2.24) is 20.1 Å². The summed E-state index contributed by atoms with van der Waals surface area (Å²) in [7, 11) is 0. The molecule has 0 amide bonds. The summed E-state index contributed by atoms with van der Waals surface area (Å²) in [5.74, 6) is 2.05. The van der Waals surface area contributed by atoms with Crippen molar-refractivity contribution in [2.45, 2.75) is 13.5 Å². The Morgan fingerprint density at radius 3 is 2.93 bits per heavy atom. The van der Waals surface area contributed by atoms with E-state index >= 15 is 0 Å². The molecule has 0 unspecified atom stereocenters. The molecule has 0 atom stereocenters. The first-order valence-corrected chi connectivity index (χ1v) is 4.34. The van der Waals surface area contributed by atoms with Crippen LogP contribution in [0.15, 0.2) is 16.9 Å². The van der Waals surface area contributed by atoms with E-state index in [1.807, 2.05) is 0 Å². The summed E-state index contributed by atoms with van der Waals surface area (Å²) in [6.45, 7) is 2.16. The molecule has 2 aromatic heterocycles. The molecule has 3 N–H and O–H groups in total. The van der Waals surface area contributed by atoms with Gasteiger partial charge in [-0.05, 0) is 0 Å². The molecule has 7 nitrogen and oxygen atoms in total. The smallest absolute Gasteiger partial charge is 0.223 e. The Labute approximate surface area is 85.7 Å². The van der Waals surface area contributed by atoms with E-state index in [1.165, 1.54) is 6.20 Å². The van der Waals surface area contributed by atoms with Crippen LogP contribution in [0.1, 0.15) is 11.7 Å². The fourth-order valence-corrected chi connectivity index (χ4v) is 1.05. The third-order valence-corrected chi connectivity index (χ3v) is 1.65. The van der Waals surface area contributed by atoms with Crippen molar-refractivity contribution < 1.29 is 4.52 Å². The zero-order chi connectivity index (χ0) is 10.7. The number of anilines is 2. The molecule has 2 heterocycles. The molecule has 2 aromatic rings. The molecule has 78 valence electrons. The average Bonchev–Trinajstić information content (AvgIpc) is 2.62. The zero-order valence-corrected chi connectivity index (χ0v) is 8.14. The van der Waals surface area contributed by atoms with Gasteiger partial charge in [-0.2, -0.15) is 4.98 Å². The van der Waals surface area contributed by atoms with E-state index in [0.717, 1.165) is 0 Å². The minimum absolute atomic E-state index is 0.365. The normalized spacial score (nSPS) is 10.2. The van der Waals surface area contributed by atoms with Crippen LogP contribution in [0.4, 0.5) is 11.6 Å². The number of hydrogen-bond acceptors (Lipinski definition) is 7. The fourth-order valence-electron chi connectivity index (χ4n) is 1.05. The van der Waals surface area contributed by atoms with Crippen LogP contribution >= 0.6 is 0 Å². The number of nitrogens with zero attached hydrogens (tertiary/aromatic N) is 4. The summed E-state index contributed by atoms with van der Waals surface area (Å²) in [5.41, 5.74) is 5.47. The molecule has 0 radical (unpaired) electrons. The molecule has 0 aliphatic carbocycles. The molecule has 0 aromatic carbocycles. The Kier molecular flexibility index (Phi) is 2.44. The number of nitrogen functional groups attached to an aromatic ring is 1. The van der Waals surface area contributed by atoms with Crippen LogP contribution in [0.2, 0.25) is 0 Å². The van der Waals surface area contributed by atoms with E-state index in [9.17, 15) is 0 Å². The molecule has 0 spiro atoms. The third-order valence-electron chi connectivity index (χ3n) is 1.65. The second-order valence-electron chi connectivity index (χ2n) is 2.91. The molecular formula is C8H10N6O. The predicted molar refractivity (Wildman–Crippen MR) is 52.8 cm³/mol. The van der Waals surface area contributed by atoms with Crippen molar-refractivity contribution in [1.29, 1.82) is 0 Å². The average molecular weight is 206 g/mol. The first-order valence-electron chi connectivity index (χ1n) is 4.34. The molecule has 2 rings (SSSR count). The van der Waals surface area contributed by atoms with Gasteiger partial charge in [0.05, 0.1) is 18.9 Å². The van der Waals surface area contributed by atoms with Crippen molar-refractivity contribution in [3.63, 3.8) is 0 Å². The SMILES string of the molecule is Cc1nc(CNc2cncc(N)n2)no1. The zero-order valence-electron chi connectivity index (χ0n) is 8.14. The van der Waals surface area contributed by atoms with Gasteiger partial charge in [0, 0.05) is 6.92 Å². The van der Waals surface area contributed by atoms with Gasteiger partial charge in [0.25, 0.3) is 0 Å². The standard InChI is InChI=1S/C8H10N6O/c1-5-12-8(14-15-5)4-11-7-3-10-2-6(9)13-7/h2-3H,4H2,1H3,(H3,9,11,13). The van der Waals surface area contributed by atoms with Crippen molar-refractivity contribution in [3.8, 4) is 0 Å². The monoisotopic (exact) mass is 206 g/mol. The maximum Gasteiger partial charge on any atom is 0.223 e. The summed E-state index contributed by atoms with van der Waals surface area (Å²) >= 11 is 0. The van der Waals surface area contributed by atoms with Gasteiger partial charge in [0.2, 0.25) is 5.89 Å². The number of nitrogens with two attached hydrogens (primary N) is 1. The molecule has 0 fully saturated rings. The number of hydrogen-bond donors (Lipinski definition) is 2. The lowest BCUT2D eigenvalue weighted by Gasteiger charge is -2.01. The second kappa shape index (κ2) is 3.91. The van der Waals surface area contributed by atoms with Crippen molar-refractivity contribution in [2.75, 3.05) is 11.1 Å². The maximum absolute atomic E-state index is 5.47. The van der Waals surface area contributed by atoms with E-state index in [1.54, 1.807) is 13.1 Å². The van der Waals surface area contributed by atoms with E-state index in [-0.39, 0.29) is 0 Å². The van der Waals surface area contributed by atoms with Crippen molar-refractivity contribution in [2.24, 2.45) is 0 Å². The van der Waals surface area contributed by atoms with Gasteiger partial charge in [-0.1, -0.05) is 5.16 Å². The Balaban J connectivity index is 1.99. The van der Waals surface area contributed by atoms with Crippen molar-refractivity contribution >= 4 is 11.6 Å². The Morgan fingerprint density at radius 2 is 2.27 bits per heavy atom. The van der Waals surface area contributed by atoms with Gasteiger partial charge in [0.15, 0.2) is 5.82 Å². The van der Waals surface area contributed by atoms with Crippen LogP contribution in [-0.2, 0) is 6.54 Å². The van der Waals surface area contributed by atoms with Gasteiger partial charge >= 0.3 is 0 Å². The summed E-state index contributed by atoms with van der Waals surface area (Å²) in [4.78, 5) is 11.9. The van der Waals surface area contributed by atoms with Gasteiger partial charge in [-0.25, -0.2) is 4.98 Å². The summed E-state index contributed by atoms with van der Waals surface area (Å²) in [6, 6.07) is 0. The van der Waals surface area contributed by atoms with E-state index in [4.69, 9.17) is 10.3 Å². The molecule has 15 heavy (non-hydrogen) atoms. The van der Waals surface area contributed by atoms with Crippen LogP contribution in [0.5, 0.6) is 0 Å². The van der Waals surface area contributed by atoms with Crippen LogP contribution in [0.25, 0.3) is 0 Å². The van der Waals surface area contributed by atoms with Gasteiger partial charge in [-0.3, -0.25) is 4.98 Å². The Morgan fingerprint density at radius 1 is 1.40 bits per heavy atom. The topological polar surface area (TPSA) is 103 Å². The Bertz CT molecular complexity index is 454. The number of rotatable bonds is 3. The molecule has 7 heteroatoms. The number of aromatic nitrogens is 4. The molecule has 0 saturated carbocycles. The predicted octanol–water partition coefficient (Wildman–Crippen LogP) is 0.362. The van der Waals surface area contributed by atoms with Crippen molar-refractivity contribution in [3.05, 3.63) is 24.1 Å². The first-order chi connectivity index (χ1) is 7.24. The van der Waals surface area contributed by atoms with Crippen LogP contribution in [0, 0.1) is 6.92 Å². The highest BCUT2D eigenvalue weighted by atomic mass is 16.5. The molecule has 0 saturated heterocycles. The maximum atomic E-state index is 5.47. The van der Waals surface area contributed by atoms with Crippen LogP contribution in [0.3, 0.4) is 0 Å². The first kappa shape index (κ1) is 9.38. The van der Waals surface area contributed by atoms with Gasteiger partial charge < -0.3 is 15.6 Å². The lowest BCUT2D eigenvalue weighted by molar-refractivity contribution is 0.388. The quantitative estimate of drug-likeness (QED) is 0.747. The minimum Gasteiger partial charge on any atom is -0.382 e. The summed E-state index contributed by atoms with van der Waals surface area (Å²) in [5, 5.41) is 6.70. The van der Waals surface area contributed by atoms with Crippen LogP contribution in [-0.4, -0.2) is 20.1 Å². The van der Waals surface area contributed by atoms with E-state index in [0.29, 0.717) is 29.9 Å². The largest absolute Gasteiger partial charge is 0.382 e. The minimum atomic E-state index is 0.365. The third kappa shape index (κ3) is 2.39. The molecule has 0 bridgehead atoms. The summed E-state index contributed by atoms with van der Waals surface area (Å²) < 4.78 is 4.81. The fraction of sp³-hybridized carbons (Fsp3) is 0.250. The molecule has 0 aliphatic rings. The van der Waals surface area contributed by atoms with Crippen LogP contribution < -0.4 is 11.1 Å². The molecular weight excluding hydrogens is 196 g/mol. The highest BCUT2D eigenvalue weighted by Crippen LogP contribution is 2.04. The van der Waals surface area contributed by atoms with Gasteiger partial charge in [-0.15, -0.1) is 0 Å². The number of aryl methyl sites for hydroxylation is 1. The lowest BCUT2D eigenvalue weighted by Crippen LogP contribution is -2.04. The summed E-state index contributed by atoms with van der Waals surface area (Å²) in [6.07, 6.45) is 3.05. The molecule has 0 aliphatic heterocycles. The lowest BCUT2D eigenvalue weighted by atomic mass is 10.5. The highest BCUT2D eigenvalue weighted by molar-refractivity contribution is 5.38. The Hall–Kier alpha value is -2.18. The highest BCUT2D eigenvalue weighted by Gasteiger charge is 2.02. The van der Waals surface area contributed by atoms with E-state index in [2.05, 4.69) is 25.4 Å². The number of nitrogens with one attached hydrogen (secondary N) is 1. The van der Waals surface area contributed by atoms with Gasteiger partial charge in [0.1, 0.15) is 11.6 Å². The van der Waals surface area contributed by atoms with E-state index < -0.39 is 0 Å².